The van der Waals surface area contributed by atoms with Crippen molar-refractivity contribution in [1.29, 1.82) is 0 Å². The van der Waals surface area contributed by atoms with Crippen LogP contribution in [0.3, 0.4) is 0 Å². The molecule has 2 rings (SSSR count). The van der Waals surface area contributed by atoms with Crippen molar-refractivity contribution in [2.24, 2.45) is 0 Å². The molecule has 1 fully saturated rings. The number of likely N-dealkylation sites (tertiary alicyclic amines) is 1. The minimum atomic E-state index is -0.283. The summed E-state index contributed by atoms with van der Waals surface area (Å²) in [5.41, 5.74) is 0.225. The largest absolute Gasteiger partial charge is 0.507 e. The van der Waals surface area contributed by atoms with E-state index in [1.54, 1.807) is 6.07 Å². The Kier molecular flexibility index (Phi) is 5.26. The molecule has 1 saturated heterocycles. The number of carbonyl (C=O) groups is 1. The molecule has 1 aromatic carbocycles. The first kappa shape index (κ1) is 15.1. The first-order valence-corrected chi connectivity index (χ1v) is 7.46. The summed E-state index contributed by atoms with van der Waals surface area (Å²) in [5, 5.41) is 13.0. The molecule has 1 aliphatic heterocycles. The number of carbonyl (C=O) groups excluding carboxylic acids is 1. The lowest BCUT2D eigenvalue weighted by molar-refractivity contribution is 0.0927. The van der Waals surface area contributed by atoms with Gasteiger partial charge in [0.2, 0.25) is 0 Å². The minimum absolute atomic E-state index is 0.0440. The summed E-state index contributed by atoms with van der Waals surface area (Å²) >= 11 is 5.85. The second kappa shape index (κ2) is 6.95. The number of hydrogen-bond donors (Lipinski definition) is 2. The molecular formula is C15H21ClN2O2. The zero-order valence-corrected chi connectivity index (χ0v) is 12.5. The van der Waals surface area contributed by atoms with E-state index < -0.39 is 0 Å². The molecule has 20 heavy (non-hydrogen) atoms. The van der Waals surface area contributed by atoms with Crippen molar-refractivity contribution in [3.8, 4) is 5.75 Å². The number of piperidine rings is 1. The molecule has 1 heterocycles. The van der Waals surface area contributed by atoms with Crippen molar-refractivity contribution >= 4 is 17.5 Å². The van der Waals surface area contributed by atoms with Gasteiger partial charge >= 0.3 is 0 Å². The Hall–Kier alpha value is -1.26. The van der Waals surface area contributed by atoms with E-state index in [2.05, 4.69) is 17.1 Å². The van der Waals surface area contributed by atoms with Gasteiger partial charge in [0.25, 0.3) is 5.91 Å². The summed E-state index contributed by atoms with van der Waals surface area (Å²) in [5.74, 6) is -0.327. The highest BCUT2D eigenvalue weighted by Crippen LogP contribution is 2.21. The van der Waals surface area contributed by atoms with E-state index in [0.717, 1.165) is 13.1 Å². The predicted octanol–water partition coefficient (Wildman–Crippen LogP) is 2.65. The molecule has 0 aromatic heterocycles. The third-order valence-electron chi connectivity index (χ3n) is 3.78. The fraction of sp³-hybridized carbons (Fsp3) is 0.533. The topological polar surface area (TPSA) is 52.6 Å². The molecule has 1 amide bonds. The second-order valence-electron chi connectivity index (χ2n) is 5.32. The van der Waals surface area contributed by atoms with Crippen molar-refractivity contribution in [1.82, 2.24) is 10.2 Å². The van der Waals surface area contributed by atoms with Gasteiger partial charge in [0.1, 0.15) is 5.75 Å². The molecular weight excluding hydrogens is 276 g/mol. The lowest BCUT2D eigenvalue weighted by Gasteiger charge is -2.32. The summed E-state index contributed by atoms with van der Waals surface area (Å²) in [4.78, 5) is 14.4. The van der Waals surface area contributed by atoms with Crippen molar-refractivity contribution in [2.45, 2.75) is 32.2 Å². The van der Waals surface area contributed by atoms with Crippen LogP contribution in [0, 0.1) is 0 Å². The molecule has 1 unspecified atom stereocenters. The van der Waals surface area contributed by atoms with Crippen LogP contribution in [0.5, 0.6) is 5.75 Å². The molecule has 0 saturated carbocycles. The van der Waals surface area contributed by atoms with Gasteiger partial charge in [-0.25, -0.2) is 0 Å². The van der Waals surface area contributed by atoms with Gasteiger partial charge in [-0.1, -0.05) is 18.0 Å². The van der Waals surface area contributed by atoms with Crippen LogP contribution in [0.4, 0.5) is 0 Å². The number of phenolic OH excluding ortho intramolecular Hbond substituents is 1. The maximum atomic E-state index is 12.1. The number of hydrogen-bond acceptors (Lipinski definition) is 3. The van der Waals surface area contributed by atoms with Crippen LogP contribution < -0.4 is 5.32 Å². The average molecular weight is 297 g/mol. The standard InChI is InChI=1S/C15H21ClN2O2/c1-11(18-7-3-2-4-8-18)10-17-15(20)13-9-12(16)5-6-14(13)19/h5-6,9,11,19H,2-4,7-8,10H2,1H3,(H,17,20). The quantitative estimate of drug-likeness (QED) is 0.898. The van der Waals surface area contributed by atoms with Crippen molar-refractivity contribution < 1.29 is 9.90 Å². The zero-order chi connectivity index (χ0) is 14.5. The highest BCUT2D eigenvalue weighted by atomic mass is 35.5. The SMILES string of the molecule is CC(CNC(=O)c1cc(Cl)ccc1O)N1CCCCC1. The monoisotopic (exact) mass is 296 g/mol. The zero-order valence-electron chi connectivity index (χ0n) is 11.7. The molecule has 4 nitrogen and oxygen atoms in total. The van der Waals surface area contributed by atoms with Gasteiger partial charge < -0.3 is 10.4 Å². The molecule has 5 heteroatoms. The molecule has 110 valence electrons. The van der Waals surface area contributed by atoms with Crippen LogP contribution >= 0.6 is 11.6 Å². The van der Waals surface area contributed by atoms with E-state index in [1.807, 2.05) is 0 Å². The molecule has 0 aliphatic carbocycles. The van der Waals surface area contributed by atoms with Gasteiger partial charge in [0.05, 0.1) is 5.56 Å². The molecule has 2 N–H and O–H groups in total. The smallest absolute Gasteiger partial charge is 0.255 e. The summed E-state index contributed by atoms with van der Waals surface area (Å²) in [6.07, 6.45) is 3.76. The van der Waals surface area contributed by atoms with Crippen LogP contribution in [0.1, 0.15) is 36.5 Å². The molecule has 0 radical (unpaired) electrons. The molecule has 1 atom stereocenters. The third kappa shape index (κ3) is 3.87. The first-order chi connectivity index (χ1) is 9.58. The maximum absolute atomic E-state index is 12.1. The number of rotatable bonds is 4. The van der Waals surface area contributed by atoms with Crippen LogP contribution in [0.25, 0.3) is 0 Å². The number of amides is 1. The van der Waals surface area contributed by atoms with Gasteiger partial charge in [0.15, 0.2) is 0 Å². The van der Waals surface area contributed by atoms with Gasteiger partial charge in [-0.05, 0) is 51.1 Å². The summed E-state index contributed by atoms with van der Waals surface area (Å²) in [6.45, 7) is 4.88. The Balaban J connectivity index is 1.89. The van der Waals surface area contributed by atoms with Gasteiger partial charge in [0, 0.05) is 17.6 Å². The number of halogens is 1. The lowest BCUT2D eigenvalue weighted by Crippen LogP contribution is -2.44. The Bertz CT molecular complexity index is 473. The van der Waals surface area contributed by atoms with E-state index in [1.165, 1.54) is 31.4 Å². The lowest BCUT2D eigenvalue weighted by atomic mass is 10.1. The van der Waals surface area contributed by atoms with E-state index in [0.29, 0.717) is 17.6 Å². The van der Waals surface area contributed by atoms with Crippen molar-refractivity contribution in [3.05, 3.63) is 28.8 Å². The molecule has 1 aliphatic rings. The number of nitrogens with zero attached hydrogens (tertiary/aromatic N) is 1. The highest BCUT2D eigenvalue weighted by molar-refractivity contribution is 6.31. The van der Waals surface area contributed by atoms with Crippen molar-refractivity contribution in [2.75, 3.05) is 19.6 Å². The van der Waals surface area contributed by atoms with E-state index in [-0.39, 0.29) is 17.2 Å². The van der Waals surface area contributed by atoms with Crippen LogP contribution in [-0.4, -0.2) is 41.6 Å². The Morgan fingerprint density at radius 2 is 2.10 bits per heavy atom. The Morgan fingerprint density at radius 3 is 2.80 bits per heavy atom. The number of phenols is 1. The van der Waals surface area contributed by atoms with Gasteiger partial charge in [-0.2, -0.15) is 0 Å². The summed E-state index contributed by atoms with van der Waals surface area (Å²) < 4.78 is 0. The Labute approximate surface area is 124 Å². The van der Waals surface area contributed by atoms with Crippen LogP contribution in [0.15, 0.2) is 18.2 Å². The van der Waals surface area contributed by atoms with Crippen LogP contribution in [0.2, 0.25) is 5.02 Å². The third-order valence-corrected chi connectivity index (χ3v) is 4.01. The molecule has 0 bridgehead atoms. The fourth-order valence-electron chi connectivity index (χ4n) is 2.51. The number of benzene rings is 1. The predicted molar refractivity (Wildman–Crippen MR) is 80.3 cm³/mol. The van der Waals surface area contributed by atoms with Crippen LogP contribution in [-0.2, 0) is 0 Å². The van der Waals surface area contributed by atoms with Gasteiger partial charge in [-0.15, -0.1) is 0 Å². The highest BCUT2D eigenvalue weighted by Gasteiger charge is 2.18. The van der Waals surface area contributed by atoms with E-state index >= 15 is 0 Å². The summed E-state index contributed by atoms with van der Waals surface area (Å²) in [6, 6.07) is 4.79. The normalized spacial score (nSPS) is 17.7. The minimum Gasteiger partial charge on any atom is -0.507 e. The maximum Gasteiger partial charge on any atom is 0.255 e. The Morgan fingerprint density at radius 1 is 1.40 bits per heavy atom. The fourth-order valence-corrected chi connectivity index (χ4v) is 2.69. The first-order valence-electron chi connectivity index (χ1n) is 7.08. The van der Waals surface area contributed by atoms with Crippen molar-refractivity contribution in [3.63, 3.8) is 0 Å². The van der Waals surface area contributed by atoms with E-state index in [4.69, 9.17) is 11.6 Å². The number of nitrogens with one attached hydrogen (secondary N) is 1. The second-order valence-corrected chi connectivity index (χ2v) is 5.75. The molecule has 1 aromatic rings. The average Bonchev–Trinajstić information content (AvgIpc) is 2.47. The van der Waals surface area contributed by atoms with Gasteiger partial charge in [-0.3, -0.25) is 9.69 Å². The molecule has 0 spiro atoms. The van der Waals surface area contributed by atoms with E-state index in [9.17, 15) is 9.90 Å². The number of aromatic hydroxyl groups is 1. The summed E-state index contributed by atoms with van der Waals surface area (Å²) in [7, 11) is 0.